The number of methoxy groups -OCH3 is 1. The molecule has 26 heavy (non-hydrogen) atoms. The molecule has 2 aliphatic rings. The van der Waals surface area contributed by atoms with Crippen LogP contribution in [0.25, 0.3) is 0 Å². The minimum Gasteiger partial charge on any atom is -0.383 e. The van der Waals surface area contributed by atoms with Crippen molar-refractivity contribution in [3.8, 4) is 0 Å². The highest BCUT2D eigenvalue weighted by atomic mass is 19.1. The van der Waals surface area contributed by atoms with Crippen molar-refractivity contribution in [1.82, 2.24) is 14.7 Å². The van der Waals surface area contributed by atoms with Gasteiger partial charge in [0.2, 0.25) is 5.91 Å². The van der Waals surface area contributed by atoms with Crippen LogP contribution in [0.2, 0.25) is 0 Å². The maximum absolute atomic E-state index is 13.0. The van der Waals surface area contributed by atoms with Crippen LogP contribution in [0.5, 0.6) is 0 Å². The summed E-state index contributed by atoms with van der Waals surface area (Å²) in [5.74, 6) is 0.251. The number of amides is 1. The van der Waals surface area contributed by atoms with Gasteiger partial charge in [-0.25, -0.2) is 4.39 Å². The zero-order valence-electron chi connectivity index (χ0n) is 15.7. The van der Waals surface area contributed by atoms with E-state index in [9.17, 15) is 9.18 Å². The van der Waals surface area contributed by atoms with Crippen LogP contribution in [-0.2, 0) is 16.1 Å². The lowest BCUT2D eigenvalue weighted by molar-refractivity contribution is -0.135. The van der Waals surface area contributed by atoms with E-state index >= 15 is 0 Å². The van der Waals surface area contributed by atoms with Crippen molar-refractivity contribution in [2.75, 3.05) is 59.5 Å². The summed E-state index contributed by atoms with van der Waals surface area (Å²) in [4.78, 5) is 19.6. The predicted octanol–water partition coefficient (Wildman–Crippen LogP) is 1.83. The molecule has 2 heterocycles. The molecule has 2 saturated heterocycles. The van der Waals surface area contributed by atoms with Crippen LogP contribution in [0.4, 0.5) is 4.39 Å². The number of halogens is 1. The molecule has 2 aliphatic heterocycles. The highest BCUT2D eigenvalue weighted by Gasteiger charge is 2.31. The summed E-state index contributed by atoms with van der Waals surface area (Å²) in [6.07, 6.45) is 1.95. The lowest BCUT2D eigenvalue weighted by Crippen LogP contribution is -2.40. The Balaban J connectivity index is 1.47. The van der Waals surface area contributed by atoms with Gasteiger partial charge in [0.05, 0.1) is 12.5 Å². The molecule has 0 aromatic heterocycles. The van der Waals surface area contributed by atoms with Gasteiger partial charge in [0, 0.05) is 52.9 Å². The topological polar surface area (TPSA) is 36.0 Å². The molecule has 0 spiro atoms. The number of nitrogens with zero attached hydrogens (tertiary/aromatic N) is 3. The maximum Gasteiger partial charge on any atom is 0.227 e. The van der Waals surface area contributed by atoms with Crippen LogP contribution in [-0.4, -0.2) is 80.1 Å². The van der Waals surface area contributed by atoms with E-state index in [2.05, 4.69) is 14.7 Å². The molecule has 0 N–H and O–H groups in total. The third-order valence-corrected chi connectivity index (χ3v) is 5.45. The summed E-state index contributed by atoms with van der Waals surface area (Å²) in [7, 11) is 1.72. The molecular formula is C20H30FN3O2. The van der Waals surface area contributed by atoms with Crippen molar-refractivity contribution >= 4 is 5.91 Å². The zero-order valence-corrected chi connectivity index (χ0v) is 15.7. The molecule has 144 valence electrons. The molecule has 5 nitrogen and oxygen atoms in total. The van der Waals surface area contributed by atoms with Gasteiger partial charge in [0.15, 0.2) is 0 Å². The van der Waals surface area contributed by atoms with E-state index < -0.39 is 0 Å². The van der Waals surface area contributed by atoms with Gasteiger partial charge in [-0.05, 0) is 37.1 Å². The molecule has 0 unspecified atom stereocenters. The van der Waals surface area contributed by atoms with Gasteiger partial charge in [-0.2, -0.15) is 0 Å². The fraction of sp³-hybridized carbons (Fsp3) is 0.650. The Morgan fingerprint density at radius 1 is 1.12 bits per heavy atom. The SMILES string of the molecule is COCCN1CC[C@H](C(=O)N2CCCN(Cc3ccc(F)cc3)CC2)C1. The van der Waals surface area contributed by atoms with Crippen molar-refractivity contribution in [3.05, 3.63) is 35.6 Å². The number of likely N-dealkylation sites (tertiary alicyclic amines) is 1. The normalized spacial score (nSPS) is 22.5. The van der Waals surface area contributed by atoms with Crippen LogP contribution in [0, 0.1) is 11.7 Å². The molecule has 0 radical (unpaired) electrons. The molecule has 1 aromatic carbocycles. The molecule has 2 fully saturated rings. The van der Waals surface area contributed by atoms with E-state index in [0.717, 1.165) is 77.4 Å². The van der Waals surface area contributed by atoms with Gasteiger partial charge in [0.25, 0.3) is 0 Å². The summed E-state index contributed by atoms with van der Waals surface area (Å²) in [6, 6.07) is 6.71. The Morgan fingerprint density at radius 2 is 1.92 bits per heavy atom. The maximum atomic E-state index is 13.0. The monoisotopic (exact) mass is 363 g/mol. The Labute approximate surface area is 155 Å². The number of ether oxygens (including phenoxy) is 1. The standard InChI is InChI=1S/C20H30FN3O2/c1-26-14-13-23-10-7-18(16-23)20(25)24-9-2-8-22(11-12-24)15-17-3-5-19(21)6-4-17/h3-6,18H,2,7-16H2,1H3/t18-/m0/s1. The fourth-order valence-corrected chi connectivity index (χ4v) is 3.91. The first kappa shape index (κ1) is 19.3. The van der Waals surface area contributed by atoms with E-state index in [-0.39, 0.29) is 11.7 Å². The number of carbonyl (C=O) groups excluding carboxylic acids is 1. The largest absolute Gasteiger partial charge is 0.383 e. The summed E-state index contributed by atoms with van der Waals surface area (Å²) < 4.78 is 18.2. The molecule has 0 bridgehead atoms. The van der Waals surface area contributed by atoms with Gasteiger partial charge < -0.3 is 14.5 Å². The van der Waals surface area contributed by atoms with E-state index in [0.29, 0.717) is 5.91 Å². The van der Waals surface area contributed by atoms with Crippen LogP contribution in [0.1, 0.15) is 18.4 Å². The quantitative estimate of drug-likeness (QED) is 0.773. The summed E-state index contributed by atoms with van der Waals surface area (Å²) in [6.45, 7) is 7.78. The van der Waals surface area contributed by atoms with Crippen LogP contribution >= 0.6 is 0 Å². The lowest BCUT2D eigenvalue weighted by atomic mass is 10.1. The summed E-state index contributed by atoms with van der Waals surface area (Å²) in [5.41, 5.74) is 1.12. The van der Waals surface area contributed by atoms with Crippen molar-refractivity contribution in [3.63, 3.8) is 0 Å². The third-order valence-electron chi connectivity index (χ3n) is 5.45. The van der Waals surface area contributed by atoms with Crippen molar-refractivity contribution in [1.29, 1.82) is 0 Å². The minimum absolute atomic E-state index is 0.135. The highest BCUT2D eigenvalue weighted by molar-refractivity contribution is 5.79. The summed E-state index contributed by atoms with van der Waals surface area (Å²) in [5, 5.41) is 0. The second-order valence-electron chi connectivity index (χ2n) is 7.36. The Morgan fingerprint density at radius 3 is 2.69 bits per heavy atom. The zero-order chi connectivity index (χ0) is 18.4. The van der Waals surface area contributed by atoms with Crippen LogP contribution in [0.15, 0.2) is 24.3 Å². The van der Waals surface area contributed by atoms with Gasteiger partial charge in [-0.15, -0.1) is 0 Å². The number of carbonyl (C=O) groups is 1. The highest BCUT2D eigenvalue weighted by Crippen LogP contribution is 2.20. The van der Waals surface area contributed by atoms with Crippen molar-refractivity contribution in [2.24, 2.45) is 5.92 Å². The smallest absolute Gasteiger partial charge is 0.227 e. The molecule has 3 rings (SSSR count). The van der Waals surface area contributed by atoms with Crippen molar-refractivity contribution in [2.45, 2.75) is 19.4 Å². The number of benzene rings is 1. The first-order chi connectivity index (χ1) is 12.7. The van der Waals surface area contributed by atoms with Gasteiger partial charge in [-0.3, -0.25) is 9.69 Å². The molecule has 1 aromatic rings. The predicted molar refractivity (Wildman–Crippen MR) is 99.3 cm³/mol. The average molecular weight is 363 g/mol. The molecular weight excluding hydrogens is 333 g/mol. The van der Waals surface area contributed by atoms with E-state index in [4.69, 9.17) is 4.74 Å². The number of hydrogen-bond acceptors (Lipinski definition) is 4. The second kappa shape index (κ2) is 9.44. The molecule has 1 amide bonds. The lowest BCUT2D eigenvalue weighted by Gasteiger charge is -2.25. The Bertz CT molecular complexity index is 581. The Hall–Kier alpha value is -1.50. The molecule has 0 saturated carbocycles. The molecule has 1 atom stereocenters. The van der Waals surface area contributed by atoms with Crippen LogP contribution < -0.4 is 0 Å². The fourth-order valence-electron chi connectivity index (χ4n) is 3.91. The molecule has 6 heteroatoms. The number of hydrogen-bond donors (Lipinski definition) is 0. The second-order valence-corrected chi connectivity index (χ2v) is 7.36. The van der Waals surface area contributed by atoms with E-state index in [1.165, 1.54) is 12.1 Å². The first-order valence-corrected chi connectivity index (χ1v) is 9.62. The van der Waals surface area contributed by atoms with Gasteiger partial charge >= 0.3 is 0 Å². The minimum atomic E-state index is -0.197. The summed E-state index contributed by atoms with van der Waals surface area (Å²) >= 11 is 0. The van der Waals surface area contributed by atoms with Crippen molar-refractivity contribution < 1.29 is 13.9 Å². The van der Waals surface area contributed by atoms with Crippen LogP contribution in [0.3, 0.4) is 0 Å². The van der Waals surface area contributed by atoms with Gasteiger partial charge in [0.1, 0.15) is 5.82 Å². The third kappa shape index (κ3) is 5.25. The average Bonchev–Trinajstić information content (AvgIpc) is 3.00. The Kier molecular flexibility index (Phi) is 7.00. The van der Waals surface area contributed by atoms with E-state index in [1.807, 2.05) is 12.1 Å². The first-order valence-electron chi connectivity index (χ1n) is 9.62. The molecule has 0 aliphatic carbocycles. The number of rotatable bonds is 6. The van der Waals surface area contributed by atoms with E-state index in [1.54, 1.807) is 7.11 Å². The van der Waals surface area contributed by atoms with Gasteiger partial charge in [-0.1, -0.05) is 12.1 Å².